The van der Waals surface area contributed by atoms with Crippen LogP contribution in [0, 0.1) is 5.82 Å². The summed E-state index contributed by atoms with van der Waals surface area (Å²) in [5.41, 5.74) is 0. The molecule has 0 aromatic heterocycles. The Kier molecular flexibility index (Phi) is 6.90. The van der Waals surface area contributed by atoms with Gasteiger partial charge in [-0.1, -0.05) is 11.6 Å². The van der Waals surface area contributed by atoms with Crippen molar-refractivity contribution in [3.05, 3.63) is 59.4 Å². The predicted molar refractivity (Wildman–Crippen MR) is 105 cm³/mol. The molecule has 1 N–H and O–H groups in total. The topological polar surface area (TPSA) is 70.1 Å². The Morgan fingerprint density at radius 2 is 1.64 bits per heavy atom. The van der Waals surface area contributed by atoms with E-state index in [1.165, 1.54) is 40.7 Å². The Bertz CT molecular complexity index is 870. The number of benzene rings is 2. The van der Waals surface area contributed by atoms with Crippen LogP contribution in [0.4, 0.5) is 4.39 Å². The van der Waals surface area contributed by atoms with Gasteiger partial charge in [0, 0.05) is 37.7 Å². The predicted octanol–water partition coefficient (Wildman–Crippen LogP) is 2.23. The molecule has 1 heterocycles. The number of halogens is 2. The molecule has 28 heavy (non-hydrogen) atoms. The number of nitrogens with zero attached hydrogens (tertiary/aromatic N) is 2. The molecule has 1 atom stereocenters. The van der Waals surface area contributed by atoms with Gasteiger partial charge in [-0.25, -0.2) is 12.8 Å². The lowest BCUT2D eigenvalue weighted by Crippen LogP contribution is -2.50. The molecule has 2 aromatic carbocycles. The van der Waals surface area contributed by atoms with Gasteiger partial charge in [0.15, 0.2) is 0 Å². The van der Waals surface area contributed by atoms with E-state index in [9.17, 15) is 17.9 Å². The second-order valence-corrected chi connectivity index (χ2v) is 8.95. The molecule has 1 fully saturated rings. The zero-order valence-corrected chi connectivity index (χ0v) is 16.7. The van der Waals surface area contributed by atoms with Gasteiger partial charge in [-0.2, -0.15) is 4.31 Å². The van der Waals surface area contributed by atoms with E-state index in [4.69, 9.17) is 16.3 Å². The minimum absolute atomic E-state index is 0.0783. The summed E-state index contributed by atoms with van der Waals surface area (Å²) in [6, 6.07) is 11.7. The van der Waals surface area contributed by atoms with Gasteiger partial charge in [0.1, 0.15) is 24.3 Å². The molecule has 1 aliphatic rings. The smallest absolute Gasteiger partial charge is 0.243 e. The van der Waals surface area contributed by atoms with Crippen LogP contribution in [0.3, 0.4) is 0 Å². The maximum absolute atomic E-state index is 12.9. The maximum atomic E-state index is 12.9. The summed E-state index contributed by atoms with van der Waals surface area (Å²) < 4.78 is 45.1. The van der Waals surface area contributed by atoms with Crippen LogP contribution in [0.25, 0.3) is 0 Å². The molecule has 0 bridgehead atoms. The number of aliphatic hydroxyl groups excluding tert-OH is 1. The SMILES string of the molecule is O=S(=O)(c1ccc(Cl)cc1)N1CCN(CC(O)COc2ccc(F)cc2)CC1. The van der Waals surface area contributed by atoms with E-state index in [2.05, 4.69) is 0 Å². The van der Waals surface area contributed by atoms with E-state index in [0.29, 0.717) is 43.5 Å². The first-order valence-electron chi connectivity index (χ1n) is 8.89. The van der Waals surface area contributed by atoms with E-state index < -0.39 is 16.1 Å². The molecule has 0 aliphatic carbocycles. The lowest BCUT2D eigenvalue weighted by atomic mass is 10.3. The molecule has 9 heteroatoms. The van der Waals surface area contributed by atoms with E-state index in [0.717, 1.165) is 0 Å². The monoisotopic (exact) mass is 428 g/mol. The van der Waals surface area contributed by atoms with Crippen molar-refractivity contribution in [1.82, 2.24) is 9.21 Å². The van der Waals surface area contributed by atoms with Crippen LogP contribution >= 0.6 is 11.6 Å². The first-order chi connectivity index (χ1) is 13.3. The summed E-state index contributed by atoms with van der Waals surface area (Å²) >= 11 is 5.82. The van der Waals surface area contributed by atoms with E-state index in [-0.39, 0.29) is 17.3 Å². The lowest BCUT2D eigenvalue weighted by Gasteiger charge is -2.34. The van der Waals surface area contributed by atoms with Crippen LogP contribution in [-0.4, -0.2) is 68.2 Å². The summed E-state index contributed by atoms with van der Waals surface area (Å²) in [4.78, 5) is 2.21. The summed E-state index contributed by atoms with van der Waals surface area (Å²) in [6.07, 6.45) is -0.732. The number of rotatable bonds is 7. The van der Waals surface area contributed by atoms with Crippen molar-refractivity contribution < 1.29 is 22.7 Å². The van der Waals surface area contributed by atoms with Crippen molar-refractivity contribution in [3.8, 4) is 5.75 Å². The van der Waals surface area contributed by atoms with Gasteiger partial charge in [0.25, 0.3) is 0 Å². The Morgan fingerprint density at radius 1 is 1.04 bits per heavy atom. The second-order valence-electron chi connectivity index (χ2n) is 6.58. The van der Waals surface area contributed by atoms with Gasteiger partial charge in [-0.15, -0.1) is 0 Å². The molecule has 1 saturated heterocycles. The van der Waals surface area contributed by atoms with Crippen molar-refractivity contribution in [2.24, 2.45) is 0 Å². The van der Waals surface area contributed by atoms with Gasteiger partial charge >= 0.3 is 0 Å². The summed E-state index contributed by atoms with van der Waals surface area (Å²) in [5.74, 6) is 0.138. The quantitative estimate of drug-likeness (QED) is 0.732. The molecule has 3 rings (SSSR count). The molecular weight excluding hydrogens is 407 g/mol. The summed E-state index contributed by atoms with van der Waals surface area (Å²) in [5, 5.41) is 10.6. The van der Waals surface area contributed by atoms with Crippen LogP contribution in [0.5, 0.6) is 5.75 Å². The van der Waals surface area contributed by atoms with E-state index in [1.807, 2.05) is 4.90 Å². The summed E-state index contributed by atoms with van der Waals surface area (Å²) in [7, 11) is -3.55. The fourth-order valence-electron chi connectivity index (χ4n) is 2.98. The number of hydrogen-bond acceptors (Lipinski definition) is 5. The Morgan fingerprint density at radius 3 is 2.25 bits per heavy atom. The average Bonchev–Trinajstić information content (AvgIpc) is 2.68. The van der Waals surface area contributed by atoms with Gasteiger partial charge < -0.3 is 9.84 Å². The number of piperazine rings is 1. The number of hydrogen-bond donors (Lipinski definition) is 1. The molecule has 152 valence electrons. The third-order valence-corrected chi connectivity index (χ3v) is 6.67. The normalized spacial score (nSPS) is 17.4. The van der Waals surface area contributed by atoms with Crippen molar-refractivity contribution in [2.45, 2.75) is 11.0 Å². The molecule has 2 aromatic rings. The largest absolute Gasteiger partial charge is 0.491 e. The minimum Gasteiger partial charge on any atom is -0.491 e. The number of β-amino-alcohol motifs (C(OH)–C–C–N with tert-alkyl or cyclic N) is 1. The van der Waals surface area contributed by atoms with Crippen molar-refractivity contribution >= 4 is 21.6 Å². The van der Waals surface area contributed by atoms with Crippen LogP contribution in [-0.2, 0) is 10.0 Å². The van der Waals surface area contributed by atoms with Crippen LogP contribution < -0.4 is 4.74 Å². The number of aliphatic hydroxyl groups is 1. The van der Waals surface area contributed by atoms with Gasteiger partial charge in [0.2, 0.25) is 10.0 Å². The minimum atomic E-state index is -3.55. The van der Waals surface area contributed by atoms with Crippen LogP contribution in [0.1, 0.15) is 0 Å². The Hall–Kier alpha value is -1.71. The lowest BCUT2D eigenvalue weighted by molar-refractivity contribution is 0.0569. The number of sulfonamides is 1. The third kappa shape index (κ3) is 5.42. The van der Waals surface area contributed by atoms with Gasteiger partial charge in [-0.3, -0.25) is 4.90 Å². The first-order valence-corrected chi connectivity index (χ1v) is 10.7. The highest BCUT2D eigenvalue weighted by Crippen LogP contribution is 2.20. The van der Waals surface area contributed by atoms with Crippen molar-refractivity contribution in [3.63, 3.8) is 0 Å². The standard InChI is InChI=1S/C19H22ClFN2O4S/c20-15-1-7-19(8-2-15)28(25,26)23-11-9-22(10-12-23)13-17(24)14-27-18-5-3-16(21)4-6-18/h1-8,17,24H,9-14H2. The molecule has 0 amide bonds. The van der Waals surface area contributed by atoms with E-state index in [1.54, 1.807) is 12.1 Å². The third-order valence-electron chi connectivity index (χ3n) is 4.51. The Labute approximate surface area is 169 Å². The van der Waals surface area contributed by atoms with Gasteiger partial charge in [0.05, 0.1) is 4.90 Å². The highest BCUT2D eigenvalue weighted by Gasteiger charge is 2.29. The molecule has 6 nitrogen and oxygen atoms in total. The zero-order chi connectivity index (χ0) is 20.1. The molecular formula is C19H22ClFN2O4S. The molecule has 0 saturated carbocycles. The number of ether oxygens (including phenoxy) is 1. The van der Waals surface area contributed by atoms with Crippen molar-refractivity contribution in [1.29, 1.82) is 0 Å². The molecule has 0 radical (unpaired) electrons. The zero-order valence-electron chi connectivity index (χ0n) is 15.2. The molecule has 1 aliphatic heterocycles. The first kappa shape index (κ1) is 21.0. The maximum Gasteiger partial charge on any atom is 0.243 e. The van der Waals surface area contributed by atoms with Crippen LogP contribution in [0.15, 0.2) is 53.4 Å². The fraction of sp³-hybridized carbons (Fsp3) is 0.368. The fourth-order valence-corrected chi connectivity index (χ4v) is 4.53. The average molecular weight is 429 g/mol. The molecule has 0 spiro atoms. The van der Waals surface area contributed by atoms with Crippen LogP contribution in [0.2, 0.25) is 5.02 Å². The molecule has 1 unspecified atom stereocenters. The van der Waals surface area contributed by atoms with E-state index >= 15 is 0 Å². The second kappa shape index (κ2) is 9.19. The highest BCUT2D eigenvalue weighted by molar-refractivity contribution is 7.89. The Balaban J connectivity index is 1.46. The van der Waals surface area contributed by atoms with Crippen molar-refractivity contribution in [2.75, 3.05) is 39.3 Å². The highest BCUT2D eigenvalue weighted by atomic mass is 35.5. The van der Waals surface area contributed by atoms with Gasteiger partial charge in [-0.05, 0) is 48.5 Å². The summed E-state index contributed by atoms with van der Waals surface area (Å²) in [6.45, 7) is 2.17.